The lowest BCUT2D eigenvalue weighted by atomic mass is 10.2. The van der Waals surface area contributed by atoms with E-state index in [9.17, 15) is 0 Å². The van der Waals surface area contributed by atoms with Crippen molar-refractivity contribution in [3.05, 3.63) is 47.5 Å². The Labute approximate surface area is 188 Å². The van der Waals surface area contributed by atoms with Gasteiger partial charge in [0.15, 0.2) is 5.65 Å². The van der Waals surface area contributed by atoms with Crippen LogP contribution in [0.4, 0.5) is 5.82 Å². The number of pyridine rings is 1. The number of ether oxygens (including phenoxy) is 1. The van der Waals surface area contributed by atoms with E-state index in [2.05, 4.69) is 46.3 Å². The van der Waals surface area contributed by atoms with Crippen molar-refractivity contribution < 1.29 is 4.74 Å². The molecule has 0 amide bonds. The third kappa shape index (κ3) is 3.93. The lowest BCUT2D eigenvalue weighted by Crippen LogP contribution is -2.48. The molecule has 0 saturated heterocycles. The standard InChI is InChI=1S/C20H24N12O/c1-3-15(33-4-2)17-23-11-31-18(25-17)13-10-24-32(19(13)26-20(31)21)8-7-12-5-6-14(22-9-12)16-27-29-30-28-16/h3,5-6,9-10,17,21,23,25H,4,7-8,11H2,1-2H3,(H,27,28,29,30)/b15-3-,21-20?. The first-order chi connectivity index (χ1) is 16.2. The van der Waals surface area contributed by atoms with Gasteiger partial charge in [0.25, 0.3) is 0 Å². The summed E-state index contributed by atoms with van der Waals surface area (Å²) < 4.78 is 9.34. The zero-order valence-electron chi connectivity index (χ0n) is 18.3. The van der Waals surface area contributed by atoms with Crippen LogP contribution in [0.5, 0.6) is 0 Å². The molecule has 0 radical (unpaired) electrons. The first-order valence-electron chi connectivity index (χ1n) is 10.7. The van der Waals surface area contributed by atoms with Crippen LogP contribution >= 0.6 is 0 Å². The normalized spacial score (nSPS) is 15.9. The molecule has 4 aromatic heterocycles. The first kappa shape index (κ1) is 20.8. The number of hydrogen-bond donors (Lipinski definition) is 4. The minimum atomic E-state index is -0.188. The molecule has 0 aromatic carbocycles. The summed E-state index contributed by atoms with van der Waals surface area (Å²) in [6.45, 7) is 5.53. The van der Waals surface area contributed by atoms with Crippen molar-refractivity contribution in [1.29, 1.82) is 5.41 Å². The number of fused-ring (bicyclic) bond motifs is 3. The van der Waals surface area contributed by atoms with Gasteiger partial charge in [0.05, 0.1) is 24.9 Å². The quantitative estimate of drug-likeness (QED) is 0.299. The smallest absolute Gasteiger partial charge is 0.226 e. The summed E-state index contributed by atoms with van der Waals surface area (Å²) in [5.74, 6) is 2.06. The number of nitrogens with zero attached hydrogens (tertiary/aromatic N) is 8. The van der Waals surface area contributed by atoms with Crippen molar-refractivity contribution in [2.24, 2.45) is 0 Å². The molecule has 0 bridgehead atoms. The number of tetrazole rings is 1. The highest BCUT2D eigenvalue weighted by molar-refractivity contribution is 5.86. The van der Waals surface area contributed by atoms with Crippen LogP contribution in [0.1, 0.15) is 19.4 Å². The summed E-state index contributed by atoms with van der Waals surface area (Å²) in [7, 11) is 0. The molecule has 0 spiro atoms. The molecule has 1 aliphatic heterocycles. The van der Waals surface area contributed by atoms with Gasteiger partial charge < -0.3 is 10.1 Å². The Morgan fingerprint density at radius 1 is 1.33 bits per heavy atom. The first-order valence-corrected chi connectivity index (χ1v) is 10.7. The number of allylic oxidation sites excluding steroid dienone is 1. The molecule has 1 unspecified atom stereocenters. The van der Waals surface area contributed by atoms with Crippen LogP contribution in [-0.4, -0.2) is 57.7 Å². The molecular formula is C20H24N12O. The molecule has 4 aromatic rings. The van der Waals surface area contributed by atoms with E-state index in [4.69, 9.17) is 10.1 Å². The van der Waals surface area contributed by atoms with E-state index in [0.717, 1.165) is 22.5 Å². The molecule has 33 heavy (non-hydrogen) atoms. The second-order valence-electron chi connectivity index (χ2n) is 7.42. The van der Waals surface area contributed by atoms with Gasteiger partial charge in [0, 0.05) is 12.7 Å². The third-order valence-corrected chi connectivity index (χ3v) is 5.43. The number of H-pyrrole nitrogens is 1. The zero-order chi connectivity index (χ0) is 22.8. The van der Waals surface area contributed by atoms with Crippen molar-refractivity contribution in [2.75, 3.05) is 11.9 Å². The van der Waals surface area contributed by atoms with Gasteiger partial charge in [-0.1, -0.05) is 6.07 Å². The van der Waals surface area contributed by atoms with Crippen LogP contribution in [0.25, 0.3) is 22.6 Å². The van der Waals surface area contributed by atoms with Gasteiger partial charge in [-0.05, 0) is 43.2 Å². The number of hydrogen-bond acceptors (Lipinski definition) is 10. The fraction of sp³-hybridized carbons (Fsp3) is 0.350. The molecule has 170 valence electrons. The summed E-state index contributed by atoms with van der Waals surface area (Å²) in [5.41, 5.74) is 2.51. The van der Waals surface area contributed by atoms with Crippen LogP contribution in [0.2, 0.25) is 0 Å². The van der Waals surface area contributed by atoms with E-state index in [1.54, 1.807) is 17.0 Å². The van der Waals surface area contributed by atoms with E-state index in [1.165, 1.54) is 0 Å². The minimum absolute atomic E-state index is 0.155. The molecule has 5 rings (SSSR count). The largest absolute Gasteiger partial charge is 0.495 e. The number of anilines is 1. The monoisotopic (exact) mass is 448 g/mol. The predicted octanol–water partition coefficient (Wildman–Crippen LogP) is 0.769. The molecule has 4 N–H and O–H groups in total. The Bertz CT molecular complexity index is 1340. The summed E-state index contributed by atoms with van der Waals surface area (Å²) in [4.78, 5) is 8.90. The third-order valence-electron chi connectivity index (χ3n) is 5.43. The van der Waals surface area contributed by atoms with Gasteiger partial charge in [-0.3, -0.25) is 20.3 Å². The van der Waals surface area contributed by atoms with E-state index in [0.29, 0.717) is 43.4 Å². The molecule has 0 saturated carbocycles. The summed E-state index contributed by atoms with van der Waals surface area (Å²) in [6, 6.07) is 3.85. The maximum Gasteiger partial charge on any atom is 0.226 e. The van der Waals surface area contributed by atoms with E-state index < -0.39 is 0 Å². The molecule has 1 atom stereocenters. The topological polar surface area (TPSA) is 160 Å². The Hall–Kier alpha value is -4.13. The highest BCUT2D eigenvalue weighted by Crippen LogP contribution is 2.24. The molecular weight excluding hydrogens is 424 g/mol. The zero-order valence-corrected chi connectivity index (χ0v) is 18.3. The van der Waals surface area contributed by atoms with Crippen LogP contribution in [0.15, 0.2) is 36.4 Å². The fourth-order valence-electron chi connectivity index (χ4n) is 3.80. The van der Waals surface area contributed by atoms with Gasteiger partial charge in [-0.15, -0.1) is 10.2 Å². The Kier molecular flexibility index (Phi) is 5.52. The molecule has 0 fully saturated rings. The second kappa shape index (κ2) is 8.78. The molecule has 1 aliphatic rings. The number of aromatic nitrogens is 9. The lowest BCUT2D eigenvalue weighted by molar-refractivity contribution is 0.198. The number of rotatable bonds is 7. The van der Waals surface area contributed by atoms with Crippen molar-refractivity contribution >= 4 is 16.9 Å². The van der Waals surface area contributed by atoms with Gasteiger partial charge in [0.1, 0.15) is 23.4 Å². The molecule has 13 heteroatoms. The Morgan fingerprint density at radius 2 is 2.24 bits per heavy atom. The highest BCUT2D eigenvalue weighted by atomic mass is 16.5. The van der Waals surface area contributed by atoms with Crippen molar-refractivity contribution in [3.63, 3.8) is 0 Å². The van der Waals surface area contributed by atoms with Crippen LogP contribution in [0.3, 0.4) is 0 Å². The number of aryl methyl sites for hydroxylation is 2. The van der Waals surface area contributed by atoms with Gasteiger partial charge in [-0.2, -0.15) is 15.3 Å². The van der Waals surface area contributed by atoms with E-state index in [1.807, 2.05) is 36.7 Å². The average molecular weight is 448 g/mol. The van der Waals surface area contributed by atoms with Crippen LogP contribution < -0.4 is 16.3 Å². The van der Waals surface area contributed by atoms with Gasteiger partial charge in [0.2, 0.25) is 11.4 Å². The molecule has 0 aliphatic carbocycles. The van der Waals surface area contributed by atoms with Crippen LogP contribution in [0, 0.1) is 5.41 Å². The Balaban J connectivity index is 1.38. The van der Waals surface area contributed by atoms with Crippen molar-refractivity contribution in [2.45, 2.75) is 39.6 Å². The highest BCUT2D eigenvalue weighted by Gasteiger charge is 2.24. The minimum Gasteiger partial charge on any atom is -0.495 e. The van der Waals surface area contributed by atoms with Gasteiger partial charge in [-0.25, -0.2) is 4.68 Å². The maximum absolute atomic E-state index is 8.41. The van der Waals surface area contributed by atoms with Crippen molar-refractivity contribution in [1.82, 2.24) is 50.3 Å². The summed E-state index contributed by atoms with van der Waals surface area (Å²) in [5, 5.41) is 34.4. The van der Waals surface area contributed by atoms with Crippen LogP contribution in [-0.2, 0) is 24.4 Å². The number of nitrogens with one attached hydrogen (secondary N) is 4. The molecule has 13 nitrogen and oxygen atoms in total. The Morgan fingerprint density at radius 3 is 2.97 bits per heavy atom. The van der Waals surface area contributed by atoms with E-state index in [-0.39, 0.29) is 11.8 Å². The predicted molar refractivity (Wildman–Crippen MR) is 118 cm³/mol. The van der Waals surface area contributed by atoms with Gasteiger partial charge >= 0.3 is 0 Å². The maximum atomic E-state index is 8.41. The average Bonchev–Trinajstić information content (AvgIpc) is 3.52. The lowest BCUT2D eigenvalue weighted by Gasteiger charge is -2.31. The SMILES string of the molecule is C/C=C(\OCC)C1NCn2c(c3cnn(CCc4ccc(-c5nn[nH]n5)nc4)c3nc2=N)N1. The number of aromatic amines is 1. The second-order valence-corrected chi connectivity index (χ2v) is 7.42. The summed E-state index contributed by atoms with van der Waals surface area (Å²) >= 11 is 0. The van der Waals surface area contributed by atoms with Crippen molar-refractivity contribution in [3.8, 4) is 11.5 Å². The fourth-order valence-corrected chi connectivity index (χ4v) is 3.80. The van der Waals surface area contributed by atoms with E-state index >= 15 is 0 Å². The molecule has 5 heterocycles. The summed E-state index contributed by atoms with van der Waals surface area (Å²) in [6.07, 6.45) is 6.04.